The molecule has 0 spiro atoms. The molecule has 0 aliphatic rings. The van der Waals surface area contributed by atoms with E-state index in [2.05, 4.69) is 9.36 Å². The average molecular weight is 309 g/mol. The predicted octanol–water partition coefficient (Wildman–Crippen LogP) is 3.36. The summed E-state index contributed by atoms with van der Waals surface area (Å²) < 4.78 is 4.79. The van der Waals surface area contributed by atoms with E-state index in [-0.39, 0.29) is 11.5 Å². The van der Waals surface area contributed by atoms with E-state index in [1.54, 1.807) is 12.1 Å². The van der Waals surface area contributed by atoms with Crippen molar-refractivity contribution in [3.8, 4) is 0 Å². The summed E-state index contributed by atoms with van der Waals surface area (Å²) in [5, 5.41) is 11.1. The number of nitrogens with zero attached hydrogens (tertiary/aromatic N) is 3. The number of aryl methyl sites for hydroxylation is 1. The van der Waals surface area contributed by atoms with Crippen molar-refractivity contribution >= 4 is 34.8 Å². The lowest BCUT2D eigenvalue weighted by atomic mass is 10.1. The van der Waals surface area contributed by atoms with Gasteiger partial charge in [0, 0.05) is 18.1 Å². The van der Waals surface area contributed by atoms with E-state index in [4.69, 9.17) is 0 Å². The minimum atomic E-state index is -0.490. The highest BCUT2D eigenvalue weighted by atomic mass is 32.2. The molecule has 1 heterocycles. The van der Waals surface area contributed by atoms with Crippen LogP contribution in [0.4, 0.5) is 5.69 Å². The van der Waals surface area contributed by atoms with Gasteiger partial charge in [0.15, 0.2) is 10.1 Å². The van der Waals surface area contributed by atoms with Gasteiger partial charge in [-0.1, -0.05) is 18.7 Å². The number of benzene rings is 1. The first kappa shape index (κ1) is 14.6. The number of nitro groups is 1. The van der Waals surface area contributed by atoms with Gasteiger partial charge in [0.2, 0.25) is 0 Å². The fraction of sp³-hybridized carbons (Fsp3) is 0.250. The average Bonchev–Trinajstić information content (AvgIpc) is 2.86. The Hall–Kier alpha value is -1.80. The number of carbonyl (C=O) groups is 1. The smallest absolute Gasteiger partial charge is 0.284 e. The second-order valence-electron chi connectivity index (χ2n) is 3.93. The number of carbonyl (C=O) groups excluding carboxylic acids is 1. The molecule has 0 saturated carbocycles. The quantitative estimate of drug-likeness (QED) is 0.478. The summed E-state index contributed by atoms with van der Waals surface area (Å²) in [6, 6.07) is 4.46. The van der Waals surface area contributed by atoms with Crippen molar-refractivity contribution in [3.63, 3.8) is 0 Å². The molecular formula is C12H11N3O3S2. The standard InChI is InChI=1S/C12H11N3O3S2/c1-3-11-13-12(20-14-11)19-10-5-4-8(7(2)16)6-9(10)15(17)18/h4-6H,3H2,1-2H3. The van der Waals surface area contributed by atoms with E-state index in [0.717, 1.165) is 12.2 Å². The molecule has 0 unspecified atom stereocenters. The van der Waals surface area contributed by atoms with Crippen molar-refractivity contribution in [3.05, 3.63) is 39.7 Å². The zero-order chi connectivity index (χ0) is 14.7. The lowest BCUT2D eigenvalue weighted by molar-refractivity contribution is -0.387. The summed E-state index contributed by atoms with van der Waals surface area (Å²) in [5.41, 5.74) is 0.239. The monoisotopic (exact) mass is 309 g/mol. The topological polar surface area (TPSA) is 86.0 Å². The first-order valence-corrected chi connectivity index (χ1v) is 7.40. The van der Waals surface area contributed by atoms with Crippen LogP contribution in [0, 0.1) is 10.1 Å². The van der Waals surface area contributed by atoms with E-state index in [1.807, 2.05) is 6.92 Å². The number of aromatic nitrogens is 2. The lowest BCUT2D eigenvalue weighted by Gasteiger charge is -2.02. The summed E-state index contributed by atoms with van der Waals surface area (Å²) in [5.74, 6) is 0.523. The van der Waals surface area contributed by atoms with E-state index in [1.165, 1.54) is 36.3 Å². The number of Topliss-reactive ketones (excluding diaryl/α,β-unsaturated/α-hetero) is 1. The fourth-order valence-corrected chi connectivity index (χ4v) is 3.23. The van der Waals surface area contributed by atoms with Gasteiger partial charge in [-0.3, -0.25) is 14.9 Å². The third-order valence-corrected chi connectivity index (χ3v) is 4.38. The molecule has 0 bridgehead atoms. The Morgan fingerprint density at radius 3 is 2.80 bits per heavy atom. The summed E-state index contributed by atoms with van der Waals surface area (Å²) >= 11 is 2.40. The largest absolute Gasteiger partial charge is 0.295 e. The van der Waals surface area contributed by atoms with Crippen LogP contribution in [0.3, 0.4) is 0 Å². The zero-order valence-corrected chi connectivity index (χ0v) is 12.5. The highest BCUT2D eigenvalue weighted by Crippen LogP contribution is 2.36. The SMILES string of the molecule is CCc1nsc(Sc2ccc(C(C)=O)cc2[N+](=O)[O-])n1. The van der Waals surface area contributed by atoms with Crippen LogP contribution in [-0.4, -0.2) is 20.1 Å². The molecule has 1 aromatic carbocycles. The summed E-state index contributed by atoms with van der Waals surface area (Å²) in [7, 11) is 0. The molecule has 20 heavy (non-hydrogen) atoms. The van der Waals surface area contributed by atoms with Gasteiger partial charge in [-0.15, -0.1) is 0 Å². The highest BCUT2D eigenvalue weighted by molar-refractivity contribution is 8.01. The van der Waals surface area contributed by atoms with Crippen LogP contribution in [-0.2, 0) is 6.42 Å². The van der Waals surface area contributed by atoms with Gasteiger partial charge >= 0.3 is 0 Å². The third-order valence-electron chi connectivity index (χ3n) is 2.53. The van der Waals surface area contributed by atoms with Crippen molar-refractivity contribution in [2.45, 2.75) is 29.5 Å². The molecule has 0 atom stereocenters. The van der Waals surface area contributed by atoms with Crippen molar-refractivity contribution in [2.75, 3.05) is 0 Å². The van der Waals surface area contributed by atoms with Crippen molar-refractivity contribution in [1.82, 2.24) is 9.36 Å². The number of nitro benzene ring substituents is 1. The highest BCUT2D eigenvalue weighted by Gasteiger charge is 2.18. The minimum Gasteiger partial charge on any atom is -0.295 e. The Morgan fingerprint density at radius 1 is 1.50 bits per heavy atom. The Labute approximate surface area is 123 Å². The van der Waals surface area contributed by atoms with Crippen LogP contribution in [0.5, 0.6) is 0 Å². The van der Waals surface area contributed by atoms with Gasteiger partial charge in [-0.25, -0.2) is 4.98 Å². The molecule has 0 aliphatic carbocycles. The second-order valence-corrected chi connectivity index (χ2v) is 5.97. The van der Waals surface area contributed by atoms with Crippen LogP contribution in [0.2, 0.25) is 0 Å². The molecule has 0 N–H and O–H groups in total. The van der Waals surface area contributed by atoms with Gasteiger partial charge < -0.3 is 0 Å². The summed E-state index contributed by atoms with van der Waals surface area (Å²) in [6.07, 6.45) is 0.725. The second kappa shape index (κ2) is 6.10. The third kappa shape index (κ3) is 3.20. The van der Waals surface area contributed by atoms with Crippen molar-refractivity contribution in [2.24, 2.45) is 0 Å². The normalized spacial score (nSPS) is 10.5. The van der Waals surface area contributed by atoms with Gasteiger partial charge in [-0.2, -0.15) is 4.37 Å². The molecule has 0 aliphatic heterocycles. The maximum absolute atomic E-state index is 11.3. The van der Waals surface area contributed by atoms with Gasteiger partial charge in [0.25, 0.3) is 5.69 Å². The van der Waals surface area contributed by atoms with Gasteiger partial charge in [-0.05, 0) is 30.6 Å². The van der Waals surface area contributed by atoms with E-state index >= 15 is 0 Å². The Bertz CT molecular complexity index is 670. The van der Waals surface area contributed by atoms with Crippen LogP contribution in [0.25, 0.3) is 0 Å². The van der Waals surface area contributed by atoms with Crippen LogP contribution < -0.4 is 0 Å². The molecule has 0 saturated heterocycles. The lowest BCUT2D eigenvalue weighted by Crippen LogP contribution is -1.96. The maximum Gasteiger partial charge on any atom is 0.284 e. The van der Waals surface area contributed by atoms with Crippen LogP contribution in [0.15, 0.2) is 27.4 Å². The van der Waals surface area contributed by atoms with E-state index < -0.39 is 4.92 Å². The zero-order valence-electron chi connectivity index (χ0n) is 10.8. The predicted molar refractivity (Wildman–Crippen MR) is 76.5 cm³/mol. The van der Waals surface area contributed by atoms with Gasteiger partial charge in [0.05, 0.1) is 9.82 Å². The molecular weight excluding hydrogens is 298 g/mol. The molecule has 2 rings (SSSR count). The molecule has 2 aromatic rings. The first-order valence-electron chi connectivity index (χ1n) is 5.81. The minimum absolute atomic E-state index is 0.0871. The molecule has 0 fully saturated rings. The molecule has 1 aromatic heterocycles. The molecule has 6 nitrogen and oxygen atoms in total. The molecule has 8 heteroatoms. The summed E-state index contributed by atoms with van der Waals surface area (Å²) in [4.78, 5) is 26.6. The van der Waals surface area contributed by atoms with E-state index in [9.17, 15) is 14.9 Å². The fourth-order valence-electron chi connectivity index (χ4n) is 1.48. The molecule has 0 radical (unpaired) electrons. The Kier molecular flexibility index (Phi) is 4.46. The first-order chi connectivity index (χ1) is 9.51. The van der Waals surface area contributed by atoms with Crippen molar-refractivity contribution in [1.29, 1.82) is 0 Å². The number of hydrogen-bond acceptors (Lipinski definition) is 7. The summed E-state index contributed by atoms with van der Waals surface area (Å²) in [6.45, 7) is 3.32. The van der Waals surface area contributed by atoms with Crippen LogP contribution in [0.1, 0.15) is 30.0 Å². The number of ketones is 1. The Balaban J connectivity index is 2.35. The number of rotatable bonds is 5. The molecule has 0 amide bonds. The number of hydrogen-bond donors (Lipinski definition) is 0. The van der Waals surface area contributed by atoms with Crippen molar-refractivity contribution < 1.29 is 9.72 Å². The van der Waals surface area contributed by atoms with Gasteiger partial charge in [0.1, 0.15) is 5.82 Å². The van der Waals surface area contributed by atoms with Crippen LogP contribution >= 0.6 is 23.3 Å². The molecule has 104 valence electrons. The maximum atomic E-state index is 11.3. The Morgan fingerprint density at radius 2 is 2.25 bits per heavy atom. The van der Waals surface area contributed by atoms with E-state index in [0.29, 0.717) is 14.8 Å².